The Bertz CT molecular complexity index is 4540. The van der Waals surface area contributed by atoms with Crippen LogP contribution in [0.1, 0.15) is 163 Å². The molecular weight excluding hydrogens is 1550 g/mol. The number of nitrogens with zero attached hydrogens (tertiary/aromatic N) is 5. The molecule has 31 heteroatoms. The molecule has 7 heterocycles. The largest absolute Gasteiger partial charge is 0.507 e. The van der Waals surface area contributed by atoms with Crippen LogP contribution in [0.4, 0.5) is 11.4 Å². The fraction of sp³-hybridized carbons (Fsp3) is 0.708. The van der Waals surface area contributed by atoms with Crippen LogP contribution in [0.25, 0.3) is 38.7 Å². The molecule has 0 radical (unpaired) electrons. The molecule has 1 amide bonds. The van der Waals surface area contributed by atoms with Gasteiger partial charge in [0.25, 0.3) is 5.91 Å². The highest BCUT2D eigenvalue weighted by Crippen LogP contribution is 2.45. The summed E-state index contributed by atoms with van der Waals surface area (Å²) in [6, 6.07) is 2.35. The van der Waals surface area contributed by atoms with Crippen molar-refractivity contribution in [1.82, 2.24) is 19.7 Å². The van der Waals surface area contributed by atoms with E-state index in [9.17, 15) is 69.9 Å². The molecule has 120 heavy (non-hydrogen) atoms. The number of aliphatic hydroxyl groups excluding tert-OH is 6. The van der Waals surface area contributed by atoms with Gasteiger partial charge in [0.1, 0.15) is 58.8 Å². The van der Waals surface area contributed by atoms with Gasteiger partial charge < -0.3 is 118 Å². The lowest BCUT2D eigenvalue weighted by Crippen LogP contribution is -2.60. The lowest BCUT2D eigenvalue weighted by molar-refractivity contribution is -0.318. The number of rotatable bonds is 12. The van der Waals surface area contributed by atoms with Crippen molar-refractivity contribution in [3.8, 4) is 11.5 Å². The Labute approximate surface area is 704 Å². The second-order valence-electron chi connectivity index (χ2n) is 36.4. The maximum Gasteiger partial charge on any atom is 0.311 e. The average molecular weight is 1690 g/mol. The molecule has 0 spiro atoms. The molecule has 4 saturated heterocycles. The van der Waals surface area contributed by atoms with Gasteiger partial charge in [0, 0.05) is 150 Å². The van der Waals surface area contributed by atoms with Gasteiger partial charge in [-0.05, 0) is 121 Å². The molecule has 6 aliphatic rings. The lowest BCUT2D eigenvalue weighted by atomic mass is 9.77. The molecule has 1 aromatic heterocycles. The fourth-order valence-electron chi connectivity index (χ4n) is 18.5. The molecular formula is C89H136N6O25. The molecule has 6 aliphatic heterocycles. The SMILES string of the molecule is CC[C@H]1OC(=O)[C@H](C)[C@@H](O[C@H]2C[C@@](C)(OC)[C@@H](O)[C@H](C)O2)[C@H](C)[C@@H](O[C@@H]2O[C@H](C)C[C@H](N(C)C)[C@H]2O)[C@](C)(O)C[C@@H](C)CN(C)[C@H](C)[C@@H](O)[C@]1(C)O.CO[C@H]1/C=C/O[C@@]2(C)Oc3c(C)c(O)c4c(=O)c(c5oc6cc(N7CCN(CC(C)C)CC7)cc(=O)c6nc5c4c3=C2O)NC(=O)/C(C)=C\C=C\[C@H](C)[C@H](O)[C@@H](C)[C@@H](O)[C@@H](C)[C@H](OC(C)=O)[C@@H]1C. The molecule has 10 N–H and O–H groups in total. The monoisotopic (exact) mass is 1690 g/mol. The second kappa shape index (κ2) is 39.0. The van der Waals surface area contributed by atoms with E-state index in [1.54, 1.807) is 87.5 Å². The molecule has 27 atom stereocenters. The summed E-state index contributed by atoms with van der Waals surface area (Å²) in [4.78, 5) is 82.7. The van der Waals surface area contributed by atoms with Crippen molar-refractivity contribution >= 4 is 68.0 Å². The number of aromatic hydroxyl groups is 1. The van der Waals surface area contributed by atoms with Gasteiger partial charge in [0.15, 0.2) is 35.0 Å². The van der Waals surface area contributed by atoms with E-state index in [0.29, 0.717) is 37.7 Å². The van der Waals surface area contributed by atoms with Crippen LogP contribution >= 0.6 is 0 Å². The summed E-state index contributed by atoms with van der Waals surface area (Å²) in [5.74, 6) is -9.01. The number of allylic oxidation sites excluding steroid dienone is 2. The number of ether oxygens (including phenoxy) is 10. The first-order valence-electron chi connectivity index (χ1n) is 42.3. The van der Waals surface area contributed by atoms with E-state index < -0.39 is 184 Å². The predicted octanol–water partition coefficient (Wildman–Crippen LogP) is 7.24. The minimum atomic E-state index is -1.98. The summed E-state index contributed by atoms with van der Waals surface area (Å²) in [5, 5.41) is 107. The zero-order chi connectivity index (χ0) is 89.3. The van der Waals surface area contributed by atoms with Gasteiger partial charge in [-0.2, -0.15) is 0 Å². The molecule has 3 aromatic carbocycles. The van der Waals surface area contributed by atoms with Crippen LogP contribution in [-0.2, 0) is 57.0 Å². The van der Waals surface area contributed by atoms with Gasteiger partial charge in [-0.1, -0.05) is 80.5 Å². The molecule has 0 saturated carbocycles. The van der Waals surface area contributed by atoms with Crippen LogP contribution in [-0.4, -0.2) is 279 Å². The number of hydrogen-bond acceptors (Lipinski definition) is 30. The number of fused-ring (bicyclic) bond motifs is 2. The van der Waals surface area contributed by atoms with Gasteiger partial charge >= 0.3 is 17.7 Å². The number of anilines is 2. The van der Waals surface area contributed by atoms with E-state index in [4.69, 9.17) is 56.8 Å². The summed E-state index contributed by atoms with van der Waals surface area (Å²) < 4.78 is 68.1. The number of nitrogens with one attached hydrogen (secondary N) is 1. The minimum absolute atomic E-state index is 0.0390. The number of methoxy groups -OCH3 is 2. The molecule has 10 rings (SSSR count). The highest BCUT2D eigenvalue weighted by Gasteiger charge is 2.54. The minimum Gasteiger partial charge on any atom is -0.507 e. The smallest absolute Gasteiger partial charge is 0.311 e. The predicted molar refractivity (Wildman–Crippen MR) is 453 cm³/mol. The van der Waals surface area contributed by atoms with E-state index in [2.05, 4.69) is 29.0 Å². The summed E-state index contributed by atoms with van der Waals surface area (Å²) in [6.45, 7) is 38.8. The first-order chi connectivity index (χ1) is 56.0. The number of cyclic esters (lactones) is 1. The van der Waals surface area contributed by atoms with Crippen molar-refractivity contribution in [2.24, 2.45) is 47.3 Å². The quantitative estimate of drug-likeness (QED) is 0.0379. The van der Waals surface area contributed by atoms with Crippen molar-refractivity contribution in [3.63, 3.8) is 0 Å². The number of piperazine rings is 1. The second-order valence-corrected chi connectivity index (χ2v) is 36.4. The number of carbonyl (C=O) groups excluding carboxylic acids is 3. The first-order valence-corrected chi connectivity index (χ1v) is 42.3. The molecule has 0 aliphatic carbocycles. The van der Waals surface area contributed by atoms with Gasteiger partial charge in [0.2, 0.25) is 10.9 Å². The van der Waals surface area contributed by atoms with Crippen LogP contribution < -0.4 is 31.0 Å². The highest BCUT2D eigenvalue weighted by molar-refractivity contribution is 6.17. The average Bonchev–Trinajstić information content (AvgIpc) is 1.44. The Balaban J connectivity index is 0.000000284. The van der Waals surface area contributed by atoms with Gasteiger partial charge in [-0.15, -0.1) is 0 Å². The van der Waals surface area contributed by atoms with Crippen LogP contribution in [0.5, 0.6) is 11.5 Å². The Morgan fingerprint density at radius 3 is 2.06 bits per heavy atom. The maximum absolute atomic E-state index is 14.9. The normalized spacial score (nSPS) is 38.2. The van der Waals surface area contributed by atoms with Gasteiger partial charge in [-0.25, -0.2) is 4.98 Å². The summed E-state index contributed by atoms with van der Waals surface area (Å²) in [7, 11) is 8.56. The molecule has 4 aromatic rings. The molecule has 4 fully saturated rings. The lowest BCUT2D eigenvalue weighted by Gasteiger charge is -2.48. The fourth-order valence-corrected chi connectivity index (χ4v) is 18.5. The molecule has 4 bridgehead atoms. The number of phenols is 1. The molecule has 0 unspecified atom stereocenters. The van der Waals surface area contributed by atoms with Crippen molar-refractivity contribution in [1.29, 1.82) is 0 Å². The molecule has 31 nitrogen and oxygen atoms in total. The first kappa shape index (κ1) is 96.8. The summed E-state index contributed by atoms with van der Waals surface area (Å²) >= 11 is 0. The standard InChI is InChI=1S/C51H64N4O13.C38H72N2O12/c1-24(2)23-54-16-18-55(19-17-54)32-21-33(57)39-35(22-32)67-48-40(52-39)36-37-44(60)30(8)47-38(36)49(62)51(10,68-47)65-20-15-34(64-11)27(5)46(66-31(9)56)29(7)43(59)28(6)42(58)25(3)13-12-14-26(4)50(63)53-41(48)45(37)61;1-15-27-38(10,46)31(42)24(6)40(13)19-20(2)17-36(8,45)33(52-35-29(41)26(39(11)12)16-21(3)48-35)22(4)30(23(5)34(44)50-27)51-28-18-37(9,47-14)32(43)25(7)49-28/h12-15,20-22,24-25,27-29,34,42-43,46,58-60,62H,16-19,23H2,1-11H3,(H,53,63);20-33,35,41-43,45-46H,15-19H2,1-14H3/b13-12+,20-15+,26-14-;/t25-,27+,28+,29+,34-,42-,43+,46+,51-;20-,21-,22+,23-,24-,25+,26+,27-,28+,29-,30+,31-,32+,33-,35+,36-,37-,38-/m01/s1. The van der Waals surface area contributed by atoms with Gasteiger partial charge in [0.05, 0.1) is 76.7 Å². The Morgan fingerprint density at radius 2 is 1.45 bits per heavy atom. The van der Waals surface area contributed by atoms with Crippen molar-refractivity contribution < 1.29 is 112 Å². The zero-order valence-electron chi connectivity index (χ0n) is 74.8. The third-order valence-corrected chi connectivity index (χ3v) is 26.0. The highest BCUT2D eigenvalue weighted by atomic mass is 16.7. The number of esters is 2. The van der Waals surface area contributed by atoms with Crippen molar-refractivity contribution in [2.75, 3.05) is 84.8 Å². The number of aliphatic hydroxyl groups is 8. The number of aromatic nitrogens is 1. The number of phenolic OH excluding ortho intramolecular Hbond substituents is 1. The van der Waals surface area contributed by atoms with Crippen molar-refractivity contribution in [2.45, 2.75) is 285 Å². The summed E-state index contributed by atoms with van der Waals surface area (Å²) in [6.07, 6.45) is -4.62. The zero-order valence-corrected chi connectivity index (χ0v) is 74.8. The molecule has 672 valence electrons. The Morgan fingerprint density at radius 1 is 0.792 bits per heavy atom. The Hall–Kier alpha value is -7.02. The van der Waals surface area contributed by atoms with E-state index >= 15 is 0 Å². The van der Waals surface area contributed by atoms with Crippen LogP contribution in [0.15, 0.2) is 62.3 Å². The van der Waals surface area contributed by atoms with Crippen LogP contribution in [0.3, 0.4) is 0 Å². The van der Waals surface area contributed by atoms with E-state index in [-0.39, 0.29) is 98.1 Å². The Kier molecular flexibility index (Phi) is 31.5. The number of likely N-dealkylation sites (N-methyl/N-ethyl adjacent to an activating group) is 2. The summed E-state index contributed by atoms with van der Waals surface area (Å²) in [5.41, 5.74) is -5.72. The maximum atomic E-state index is 14.9. The van der Waals surface area contributed by atoms with Crippen LogP contribution in [0, 0.1) is 54.3 Å². The number of hydrogen-bond donors (Lipinski definition) is 10. The number of benzene rings is 3. The van der Waals surface area contributed by atoms with Gasteiger partial charge in [-0.3, -0.25) is 28.9 Å². The third-order valence-electron chi connectivity index (χ3n) is 26.0. The van der Waals surface area contributed by atoms with Crippen molar-refractivity contribution in [3.05, 3.63) is 79.5 Å². The van der Waals surface area contributed by atoms with E-state index in [0.717, 1.165) is 19.6 Å². The van der Waals surface area contributed by atoms with E-state index in [1.807, 2.05) is 51.7 Å². The van der Waals surface area contributed by atoms with Crippen LogP contribution in [0.2, 0.25) is 0 Å². The third kappa shape index (κ3) is 20.5. The van der Waals surface area contributed by atoms with E-state index in [1.165, 1.54) is 73.3 Å². The number of carbonyl (C=O) groups is 3. The topological polar surface area (TPSA) is 411 Å². The number of amides is 1.